The van der Waals surface area contributed by atoms with Gasteiger partial charge in [-0.1, -0.05) is 6.42 Å². The van der Waals surface area contributed by atoms with Crippen LogP contribution in [-0.4, -0.2) is 36.0 Å². The van der Waals surface area contributed by atoms with Crippen LogP contribution in [0, 0.1) is 10.1 Å². The van der Waals surface area contributed by atoms with Crippen molar-refractivity contribution in [2.75, 3.05) is 20.1 Å². The van der Waals surface area contributed by atoms with Crippen LogP contribution in [0.15, 0.2) is 16.5 Å². The highest BCUT2D eigenvalue weighted by Gasteiger charge is 2.23. The van der Waals surface area contributed by atoms with E-state index in [-0.39, 0.29) is 5.88 Å². The zero-order valence-corrected chi connectivity index (χ0v) is 11.3. The molecule has 6 heteroatoms. The van der Waals surface area contributed by atoms with E-state index in [1.54, 1.807) is 6.07 Å². The van der Waals surface area contributed by atoms with Gasteiger partial charge in [0.25, 0.3) is 0 Å². The first-order chi connectivity index (χ1) is 9.20. The summed E-state index contributed by atoms with van der Waals surface area (Å²) in [5, 5.41) is 13.8. The molecular weight excluding hydrogens is 246 g/mol. The van der Waals surface area contributed by atoms with Gasteiger partial charge < -0.3 is 9.73 Å². The summed E-state index contributed by atoms with van der Waals surface area (Å²) in [6.45, 7) is 2.71. The molecule has 1 aromatic heterocycles. The Morgan fingerprint density at radius 1 is 1.53 bits per heavy atom. The molecule has 1 aliphatic heterocycles. The second kappa shape index (κ2) is 6.68. The molecular formula is C13H21N3O3. The maximum absolute atomic E-state index is 10.6. The molecule has 1 saturated heterocycles. The molecule has 0 aliphatic carbocycles. The summed E-state index contributed by atoms with van der Waals surface area (Å²) < 4.78 is 5.24. The smallest absolute Gasteiger partial charge is 0.404 e. The zero-order valence-electron chi connectivity index (χ0n) is 11.3. The minimum Gasteiger partial charge on any atom is -0.404 e. The lowest BCUT2D eigenvalue weighted by molar-refractivity contribution is -0.402. The van der Waals surface area contributed by atoms with Gasteiger partial charge >= 0.3 is 5.88 Å². The van der Waals surface area contributed by atoms with Crippen molar-refractivity contribution in [1.82, 2.24) is 10.2 Å². The Morgan fingerprint density at radius 2 is 2.37 bits per heavy atom. The zero-order chi connectivity index (χ0) is 13.7. The second-order valence-electron chi connectivity index (χ2n) is 5.01. The summed E-state index contributed by atoms with van der Waals surface area (Å²) in [5.41, 5.74) is 0. The normalized spacial score (nSPS) is 20.6. The minimum atomic E-state index is -0.488. The molecule has 1 N–H and O–H groups in total. The molecule has 1 atom stereocenters. The lowest BCUT2D eigenvalue weighted by Crippen LogP contribution is -2.40. The average Bonchev–Trinajstić information content (AvgIpc) is 2.86. The third kappa shape index (κ3) is 3.78. The molecule has 1 aliphatic rings. The number of hydrogen-bond donors (Lipinski definition) is 1. The van der Waals surface area contributed by atoms with Gasteiger partial charge in [-0.15, -0.1) is 0 Å². The molecule has 2 heterocycles. The van der Waals surface area contributed by atoms with Crippen LogP contribution in [0.2, 0.25) is 0 Å². The fraction of sp³-hybridized carbons (Fsp3) is 0.692. The SMILES string of the molecule is CNCCC1CCCCN1Cc1ccc([N+](=O)[O-])o1. The molecule has 1 unspecified atom stereocenters. The number of furan rings is 1. The predicted molar refractivity (Wildman–Crippen MR) is 72.0 cm³/mol. The summed E-state index contributed by atoms with van der Waals surface area (Å²) in [7, 11) is 1.96. The van der Waals surface area contributed by atoms with E-state index in [0.29, 0.717) is 18.3 Å². The maximum atomic E-state index is 10.6. The van der Waals surface area contributed by atoms with Crippen molar-refractivity contribution in [2.24, 2.45) is 0 Å². The first-order valence-electron chi connectivity index (χ1n) is 6.82. The molecule has 1 aromatic rings. The number of rotatable bonds is 6. The summed E-state index contributed by atoms with van der Waals surface area (Å²) in [4.78, 5) is 12.5. The highest BCUT2D eigenvalue weighted by atomic mass is 16.6. The summed E-state index contributed by atoms with van der Waals surface area (Å²) in [6.07, 6.45) is 4.77. The molecule has 1 fully saturated rings. The van der Waals surface area contributed by atoms with Gasteiger partial charge in [0, 0.05) is 6.04 Å². The molecule has 0 spiro atoms. The monoisotopic (exact) mass is 267 g/mol. The van der Waals surface area contributed by atoms with Gasteiger partial charge in [0.15, 0.2) is 0 Å². The third-order valence-corrected chi connectivity index (χ3v) is 3.66. The van der Waals surface area contributed by atoms with Crippen LogP contribution >= 0.6 is 0 Å². The molecule has 106 valence electrons. The Hall–Kier alpha value is -1.40. The Morgan fingerprint density at radius 3 is 3.05 bits per heavy atom. The maximum Gasteiger partial charge on any atom is 0.433 e. The van der Waals surface area contributed by atoms with Gasteiger partial charge in [-0.25, -0.2) is 0 Å². The highest BCUT2D eigenvalue weighted by molar-refractivity contribution is 5.17. The van der Waals surface area contributed by atoms with Crippen molar-refractivity contribution in [1.29, 1.82) is 0 Å². The number of nitrogens with zero attached hydrogens (tertiary/aromatic N) is 2. The number of likely N-dealkylation sites (tertiary alicyclic amines) is 1. The topological polar surface area (TPSA) is 71.5 Å². The van der Waals surface area contributed by atoms with Gasteiger partial charge in [0.2, 0.25) is 0 Å². The Labute approximate surface area is 112 Å². The van der Waals surface area contributed by atoms with E-state index in [1.165, 1.54) is 25.3 Å². The molecule has 19 heavy (non-hydrogen) atoms. The van der Waals surface area contributed by atoms with E-state index in [1.807, 2.05) is 7.05 Å². The van der Waals surface area contributed by atoms with Gasteiger partial charge in [-0.3, -0.25) is 15.0 Å². The molecule has 0 amide bonds. The van der Waals surface area contributed by atoms with Crippen LogP contribution in [0.4, 0.5) is 5.88 Å². The van der Waals surface area contributed by atoms with Crippen molar-refractivity contribution in [3.05, 3.63) is 28.0 Å². The quantitative estimate of drug-likeness (QED) is 0.631. The first-order valence-corrected chi connectivity index (χ1v) is 6.82. The predicted octanol–water partition coefficient (Wildman–Crippen LogP) is 2.15. The molecule has 2 rings (SSSR count). The lowest BCUT2D eigenvalue weighted by atomic mass is 9.99. The van der Waals surface area contributed by atoms with Gasteiger partial charge in [0.05, 0.1) is 12.6 Å². The van der Waals surface area contributed by atoms with Crippen LogP contribution in [0.3, 0.4) is 0 Å². The summed E-state index contributed by atoms with van der Waals surface area (Å²) in [5.74, 6) is 0.516. The summed E-state index contributed by atoms with van der Waals surface area (Å²) in [6, 6.07) is 3.69. The fourth-order valence-corrected chi connectivity index (χ4v) is 2.66. The summed E-state index contributed by atoms with van der Waals surface area (Å²) >= 11 is 0. The average molecular weight is 267 g/mol. The number of nitrogens with one attached hydrogen (secondary N) is 1. The molecule has 0 saturated carbocycles. The van der Waals surface area contributed by atoms with Gasteiger partial charge in [-0.05, 0) is 45.5 Å². The van der Waals surface area contributed by atoms with Crippen LogP contribution in [-0.2, 0) is 6.54 Å². The standard InChI is InChI=1S/C13H21N3O3/c1-14-8-7-11-4-2-3-9-15(11)10-12-5-6-13(19-12)16(17)18/h5-6,11,14H,2-4,7-10H2,1H3. The van der Waals surface area contributed by atoms with Crippen LogP contribution in [0.25, 0.3) is 0 Å². The van der Waals surface area contributed by atoms with E-state index in [0.717, 1.165) is 19.5 Å². The number of hydrogen-bond acceptors (Lipinski definition) is 5. The fourth-order valence-electron chi connectivity index (χ4n) is 2.66. The minimum absolute atomic E-state index is 0.168. The molecule has 6 nitrogen and oxygen atoms in total. The van der Waals surface area contributed by atoms with Crippen molar-refractivity contribution >= 4 is 5.88 Å². The first kappa shape index (κ1) is 14.0. The van der Waals surface area contributed by atoms with Crippen LogP contribution in [0.1, 0.15) is 31.4 Å². The van der Waals surface area contributed by atoms with Crippen molar-refractivity contribution in [3.8, 4) is 0 Å². The molecule has 0 aromatic carbocycles. The van der Waals surface area contributed by atoms with Crippen LogP contribution in [0.5, 0.6) is 0 Å². The van der Waals surface area contributed by atoms with Crippen molar-refractivity contribution < 1.29 is 9.34 Å². The third-order valence-electron chi connectivity index (χ3n) is 3.66. The Kier molecular flexibility index (Phi) is 4.93. The number of nitro groups is 1. The lowest BCUT2D eigenvalue weighted by Gasteiger charge is -2.35. The van der Waals surface area contributed by atoms with Crippen molar-refractivity contribution in [3.63, 3.8) is 0 Å². The van der Waals surface area contributed by atoms with Gasteiger partial charge in [0.1, 0.15) is 10.7 Å². The van der Waals surface area contributed by atoms with E-state index in [4.69, 9.17) is 4.42 Å². The Bertz CT molecular complexity index is 419. The number of piperidine rings is 1. The highest BCUT2D eigenvalue weighted by Crippen LogP contribution is 2.24. The van der Waals surface area contributed by atoms with Crippen molar-refractivity contribution in [2.45, 2.75) is 38.3 Å². The van der Waals surface area contributed by atoms with E-state index in [9.17, 15) is 10.1 Å². The molecule has 0 bridgehead atoms. The van der Waals surface area contributed by atoms with E-state index < -0.39 is 4.92 Å². The second-order valence-corrected chi connectivity index (χ2v) is 5.01. The van der Waals surface area contributed by atoms with E-state index >= 15 is 0 Å². The van der Waals surface area contributed by atoms with Crippen LogP contribution < -0.4 is 5.32 Å². The molecule has 0 radical (unpaired) electrons. The van der Waals surface area contributed by atoms with Gasteiger partial charge in [-0.2, -0.15) is 0 Å². The Balaban J connectivity index is 1.95. The largest absolute Gasteiger partial charge is 0.433 e. The van der Waals surface area contributed by atoms with E-state index in [2.05, 4.69) is 10.2 Å².